The maximum absolute atomic E-state index is 11.8. The third-order valence-electron chi connectivity index (χ3n) is 4.68. The zero-order chi connectivity index (χ0) is 17.3. The summed E-state index contributed by atoms with van der Waals surface area (Å²) in [7, 11) is 0. The molecule has 24 heavy (non-hydrogen) atoms. The molecule has 2 amide bonds. The van der Waals surface area contributed by atoms with E-state index in [9.17, 15) is 19.7 Å². The minimum Gasteiger partial charge on any atom is -0.381 e. The second-order valence-electron chi connectivity index (χ2n) is 6.23. The van der Waals surface area contributed by atoms with Crippen molar-refractivity contribution in [2.75, 3.05) is 5.32 Å². The van der Waals surface area contributed by atoms with Crippen LogP contribution in [0.4, 0.5) is 11.4 Å². The molecular formula is C16H18BrN3O4. The molecule has 7 nitrogen and oxygen atoms in total. The topological polar surface area (TPSA) is 92.6 Å². The zero-order valence-corrected chi connectivity index (χ0v) is 14.6. The maximum atomic E-state index is 11.8. The van der Waals surface area contributed by atoms with Crippen LogP contribution in [-0.2, 0) is 9.59 Å². The Balaban J connectivity index is 1.59. The second kappa shape index (κ2) is 6.88. The number of likely N-dealkylation sites (tertiary alicyclic amines) is 1. The zero-order valence-electron chi connectivity index (χ0n) is 13.0. The molecule has 0 bridgehead atoms. The normalized spacial score (nSPS) is 24.3. The van der Waals surface area contributed by atoms with Crippen LogP contribution in [-0.4, -0.2) is 33.7 Å². The molecule has 1 aliphatic heterocycles. The molecule has 3 rings (SSSR count). The van der Waals surface area contributed by atoms with Gasteiger partial charge in [-0.25, -0.2) is 0 Å². The fraction of sp³-hybridized carbons (Fsp3) is 0.500. The summed E-state index contributed by atoms with van der Waals surface area (Å²) in [6, 6.07) is 4.90. The van der Waals surface area contributed by atoms with E-state index in [2.05, 4.69) is 21.2 Å². The lowest BCUT2D eigenvalue weighted by molar-refractivity contribution is -0.384. The summed E-state index contributed by atoms with van der Waals surface area (Å²) in [6.07, 6.45) is 3.97. The monoisotopic (exact) mass is 395 g/mol. The number of rotatable bonds is 4. The Labute approximate surface area is 147 Å². The molecule has 0 spiro atoms. The van der Waals surface area contributed by atoms with Crippen LogP contribution in [0.5, 0.6) is 0 Å². The number of nitrogens with zero attached hydrogens (tertiary/aromatic N) is 2. The van der Waals surface area contributed by atoms with E-state index in [1.54, 1.807) is 6.07 Å². The van der Waals surface area contributed by atoms with Crippen molar-refractivity contribution in [2.24, 2.45) is 0 Å². The van der Waals surface area contributed by atoms with Gasteiger partial charge >= 0.3 is 0 Å². The third-order valence-corrected chi connectivity index (χ3v) is 5.33. The molecule has 1 heterocycles. The highest BCUT2D eigenvalue weighted by Gasteiger charge is 2.36. The Morgan fingerprint density at radius 1 is 1.12 bits per heavy atom. The lowest BCUT2D eigenvalue weighted by Crippen LogP contribution is -2.43. The molecule has 1 N–H and O–H groups in total. The van der Waals surface area contributed by atoms with Crippen LogP contribution < -0.4 is 5.32 Å². The van der Waals surface area contributed by atoms with E-state index >= 15 is 0 Å². The van der Waals surface area contributed by atoms with Crippen LogP contribution in [0.15, 0.2) is 22.7 Å². The smallest absolute Gasteiger partial charge is 0.270 e. The quantitative estimate of drug-likeness (QED) is 0.479. The molecule has 8 heteroatoms. The molecule has 2 aliphatic rings. The van der Waals surface area contributed by atoms with Gasteiger partial charge in [-0.3, -0.25) is 24.6 Å². The van der Waals surface area contributed by atoms with Crippen molar-refractivity contribution in [1.82, 2.24) is 4.90 Å². The van der Waals surface area contributed by atoms with Crippen LogP contribution in [0.3, 0.4) is 0 Å². The number of halogens is 1. The van der Waals surface area contributed by atoms with Gasteiger partial charge in [-0.1, -0.05) is 0 Å². The molecule has 1 saturated heterocycles. The number of benzene rings is 1. The van der Waals surface area contributed by atoms with E-state index in [0.29, 0.717) is 17.3 Å². The third kappa shape index (κ3) is 3.43. The van der Waals surface area contributed by atoms with E-state index in [4.69, 9.17) is 0 Å². The first-order valence-electron chi connectivity index (χ1n) is 8.01. The van der Waals surface area contributed by atoms with Gasteiger partial charge in [-0.15, -0.1) is 0 Å². The molecule has 1 aromatic rings. The molecule has 128 valence electrons. The standard InChI is InChI=1S/C16H18BrN3O4/c17-13-9-12(20(23)24)5-6-14(13)18-10-1-3-11(4-2-10)19-15(21)7-8-16(19)22/h5-6,9-11,18H,1-4,7-8H2. The van der Waals surface area contributed by atoms with Gasteiger partial charge in [0.25, 0.3) is 5.69 Å². The molecule has 0 radical (unpaired) electrons. The van der Waals surface area contributed by atoms with Gasteiger partial charge in [0.2, 0.25) is 11.8 Å². The molecule has 1 aromatic carbocycles. The fourth-order valence-electron chi connectivity index (χ4n) is 3.43. The Kier molecular flexibility index (Phi) is 4.84. The summed E-state index contributed by atoms with van der Waals surface area (Å²) in [6.45, 7) is 0. The number of hydrogen-bond acceptors (Lipinski definition) is 5. The average Bonchev–Trinajstić information content (AvgIpc) is 2.89. The summed E-state index contributed by atoms with van der Waals surface area (Å²) >= 11 is 3.36. The highest BCUT2D eigenvalue weighted by atomic mass is 79.9. The lowest BCUT2D eigenvalue weighted by atomic mass is 9.90. The lowest BCUT2D eigenvalue weighted by Gasteiger charge is -2.34. The van der Waals surface area contributed by atoms with Crippen molar-refractivity contribution in [2.45, 2.75) is 50.6 Å². The number of carbonyl (C=O) groups excluding carboxylic acids is 2. The van der Waals surface area contributed by atoms with Gasteiger partial charge in [0.15, 0.2) is 0 Å². The van der Waals surface area contributed by atoms with Crippen molar-refractivity contribution in [3.05, 3.63) is 32.8 Å². The highest BCUT2D eigenvalue weighted by Crippen LogP contribution is 2.32. The molecular weight excluding hydrogens is 378 g/mol. The highest BCUT2D eigenvalue weighted by molar-refractivity contribution is 9.10. The van der Waals surface area contributed by atoms with Crippen molar-refractivity contribution < 1.29 is 14.5 Å². The Hall–Kier alpha value is -1.96. The minimum atomic E-state index is -0.427. The van der Waals surface area contributed by atoms with E-state index in [1.165, 1.54) is 17.0 Å². The van der Waals surface area contributed by atoms with E-state index in [0.717, 1.165) is 31.4 Å². The van der Waals surface area contributed by atoms with E-state index < -0.39 is 4.92 Å². The minimum absolute atomic E-state index is 0.0193. The van der Waals surface area contributed by atoms with Crippen LogP contribution in [0.1, 0.15) is 38.5 Å². The van der Waals surface area contributed by atoms with Gasteiger partial charge in [0.1, 0.15) is 0 Å². The van der Waals surface area contributed by atoms with Gasteiger partial charge in [-0.05, 0) is 47.7 Å². The predicted octanol–water partition coefficient (Wildman–Crippen LogP) is 3.23. The van der Waals surface area contributed by atoms with Crippen molar-refractivity contribution >= 4 is 39.1 Å². The summed E-state index contributed by atoms with van der Waals surface area (Å²) in [5.74, 6) is -0.0935. The SMILES string of the molecule is O=C1CCC(=O)N1C1CCC(Nc2ccc([N+](=O)[O-])cc2Br)CC1. The first-order valence-corrected chi connectivity index (χ1v) is 8.80. The predicted molar refractivity (Wildman–Crippen MR) is 91.6 cm³/mol. The number of nitro groups is 1. The molecule has 0 unspecified atom stereocenters. The largest absolute Gasteiger partial charge is 0.381 e. The number of hydrogen-bond donors (Lipinski definition) is 1. The molecule has 1 saturated carbocycles. The molecule has 1 aliphatic carbocycles. The van der Waals surface area contributed by atoms with Crippen LogP contribution in [0, 0.1) is 10.1 Å². The number of amides is 2. The van der Waals surface area contributed by atoms with Crippen LogP contribution >= 0.6 is 15.9 Å². The first kappa shape index (κ1) is 16.9. The second-order valence-corrected chi connectivity index (χ2v) is 7.08. The van der Waals surface area contributed by atoms with Crippen molar-refractivity contribution in [3.8, 4) is 0 Å². The molecule has 0 atom stereocenters. The van der Waals surface area contributed by atoms with E-state index in [-0.39, 0.29) is 29.6 Å². The first-order chi connectivity index (χ1) is 11.5. The molecule has 0 aromatic heterocycles. The van der Waals surface area contributed by atoms with E-state index in [1.807, 2.05) is 0 Å². The van der Waals surface area contributed by atoms with Gasteiger partial charge < -0.3 is 5.32 Å². The summed E-state index contributed by atoms with van der Waals surface area (Å²) in [4.78, 5) is 35.4. The van der Waals surface area contributed by atoms with Crippen molar-refractivity contribution in [1.29, 1.82) is 0 Å². The van der Waals surface area contributed by atoms with Crippen LogP contribution in [0.25, 0.3) is 0 Å². The number of nitro benzene ring substituents is 1. The number of carbonyl (C=O) groups is 2. The Bertz CT molecular complexity index is 670. The van der Waals surface area contributed by atoms with Gasteiger partial charge in [0, 0.05) is 47.2 Å². The fourth-order valence-corrected chi connectivity index (χ4v) is 3.92. The van der Waals surface area contributed by atoms with Gasteiger partial charge in [-0.2, -0.15) is 0 Å². The van der Waals surface area contributed by atoms with Gasteiger partial charge in [0.05, 0.1) is 4.92 Å². The summed E-state index contributed by atoms with van der Waals surface area (Å²) in [5, 5.41) is 14.2. The maximum Gasteiger partial charge on any atom is 0.270 e. The number of anilines is 1. The Morgan fingerprint density at radius 3 is 2.29 bits per heavy atom. The average molecular weight is 396 g/mol. The van der Waals surface area contributed by atoms with Crippen LogP contribution in [0.2, 0.25) is 0 Å². The number of non-ortho nitro benzene ring substituents is 1. The number of nitrogens with one attached hydrogen (secondary N) is 1. The summed E-state index contributed by atoms with van der Waals surface area (Å²) < 4.78 is 0.656. The molecule has 2 fully saturated rings. The Morgan fingerprint density at radius 2 is 1.75 bits per heavy atom. The summed E-state index contributed by atoms with van der Waals surface area (Å²) in [5.41, 5.74) is 0.861. The van der Waals surface area contributed by atoms with Crippen molar-refractivity contribution in [3.63, 3.8) is 0 Å². The number of imide groups is 1.